The Morgan fingerprint density at radius 2 is 2.00 bits per heavy atom. The van der Waals surface area contributed by atoms with Crippen LogP contribution in [-0.2, 0) is 0 Å². The lowest BCUT2D eigenvalue weighted by Gasteiger charge is -2.30. The van der Waals surface area contributed by atoms with E-state index in [0.717, 1.165) is 42.5 Å². The van der Waals surface area contributed by atoms with E-state index in [0.29, 0.717) is 11.6 Å². The number of primary amides is 1. The van der Waals surface area contributed by atoms with Gasteiger partial charge in [-0.25, -0.2) is 14.4 Å². The van der Waals surface area contributed by atoms with Crippen LogP contribution in [0.1, 0.15) is 36.0 Å². The summed E-state index contributed by atoms with van der Waals surface area (Å²) in [6.07, 6.45) is 5.44. The third kappa shape index (κ3) is 4.36. The molecule has 162 valence electrons. The molecule has 9 heteroatoms. The van der Waals surface area contributed by atoms with Crippen molar-refractivity contribution in [2.45, 2.75) is 37.8 Å². The Bertz CT molecular complexity index is 1120. The van der Waals surface area contributed by atoms with E-state index < -0.39 is 11.7 Å². The number of rotatable bonds is 6. The van der Waals surface area contributed by atoms with Crippen LogP contribution in [0.3, 0.4) is 0 Å². The van der Waals surface area contributed by atoms with Crippen LogP contribution in [-0.4, -0.2) is 35.1 Å². The highest BCUT2D eigenvalue weighted by atomic mass is 19.1. The Labute approximate surface area is 179 Å². The van der Waals surface area contributed by atoms with Crippen LogP contribution in [0.4, 0.5) is 21.7 Å². The van der Waals surface area contributed by atoms with Gasteiger partial charge < -0.3 is 26.8 Å². The number of nitrogens with zero attached hydrogens (tertiary/aromatic N) is 2. The maximum Gasteiger partial charge on any atom is 0.252 e. The molecular weight excluding hydrogens is 399 g/mol. The van der Waals surface area contributed by atoms with Crippen molar-refractivity contribution < 1.29 is 13.9 Å². The van der Waals surface area contributed by atoms with Crippen LogP contribution in [0.5, 0.6) is 5.88 Å². The topological polar surface area (TPSA) is 128 Å². The van der Waals surface area contributed by atoms with Crippen LogP contribution in [0.25, 0.3) is 10.8 Å². The van der Waals surface area contributed by atoms with Crippen molar-refractivity contribution in [2.24, 2.45) is 11.5 Å². The molecule has 0 saturated heterocycles. The summed E-state index contributed by atoms with van der Waals surface area (Å²) >= 11 is 0. The molecule has 1 aromatic carbocycles. The van der Waals surface area contributed by atoms with Crippen molar-refractivity contribution in [2.75, 3.05) is 17.7 Å². The van der Waals surface area contributed by atoms with Gasteiger partial charge in [0, 0.05) is 29.4 Å². The molecule has 2 heterocycles. The molecule has 1 aliphatic rings. The Morgan fingerprint density at radius 3 is 2.74 bits per heavy atom. The third-order valence-electron chi connectivity index (χ3n) is 5.57. The minimum Gasteiger partial charge on any atom is -0.481 e. The van der Waals surface area contributed by atoms with Crippen LogP contribution in [0.15, 0.2) is 36.5 Å². The lowest BCUT2D eigenvalue weighted by molar-refractivity contribution is 0.100. The quantitative estimate of drug-likeness (QED) is 0.478. The molecule has 6 N–H and O–H groups in total. The van der Waals surface area contributed by atoms with Gasteiger partial charge in [-0.3, -0.25) is 4.79 Å². The number of pyridine rings is 2. The van der Waals surface area contributed by atoms with Crippen molar-refractivity contribution in [3.63, 3.8) is 0 Å². The molecule has 2 atom stereocenters. The molecule has 1 aliphatic carbocycles. The molecule has 1 fully saturated rings. The zero-order valence-corrected chi connectivity index (χ0v) is 17.2. The van der Waals surface area contributed by atoms with E-state index in [1.807, 2.05) is 18.2 Å². The van der Waals surface area contributed by atoms with Gasteiger partial charge in [0.15, 0.2) is 11.6 Å². The molecule has 2 aromatic heterocycles. The molecular formula is C22H25FN6O2. The number of nitrogens with two attached hydrogens (primary N) is 2. The lowest BCUT2D eigenvalue weighted by atomic mass is 9.91. The van der Waals surface area contributed by atoms with Crippen molar-refractivity contribution in [1.82, 2.24) is 9.97 Å². The van der Waals surface area contributed by atoms with Gasteiger partial charge >= 0.3 is 0 Å². The average Bonchev–Trinajstić information content (AvgIpc) is 2.76. The summed E-state index contributed by atoms with van der Waals surface area (Å²) in [6.45, 7) is 0. The number of amides is 1. The number of benzene rings is 1. The summed E-state index contributed by atoms with van der Waals surface area (Å²) in [6, 6.07) is 8.29. The Morgan fingerprint density at radius 1 is 1.19 bits per heavy atom. The van der Waals surface area contributed by atoms with E-state index in [4.69, 9.17) is 16.2 Å². The number of halogens is 1. The average molecular weight is 424 g/mol. The number of carbonyl (C=O) groups is 1. The minimum absolute atomic E-state index is 0.0385. The number of methoxy groups -OCH3 is 1. The van der Waals surface area contributed by atoms with E-state index >= 15 is 0 Å². The number of nitrogens with one attached hydrogen (secondary N) is 2. The molecule has 8 nitrogen and oxygen atoms in total. The predicted molar refractivity (Wildman–Crippen MR) is 118 cm³/mol. The minimum atomic E-state index is -0.776. The van der Waals surface area contributed by atoms with Crippen LogP contribution >= 0.6 is 0 Å². The van der Waals surface area contributed by atoms with E-state index in [2.05, 4.69) is 20.6 Å². The first-order valence-corrected chi connectivity index (χ1v) is 10.2. The van der Waals surface area contributed by atoms with Crippen molar-refractivity contribution >= 4 is 34.0 Å². The number of hydrogen-bond acceptors (Lipinski definition) is 7. The largest absolute Gasteiger partial charge is 0.481 e. The lowest BCUT2D eigenvalue weighted by Crippen LogP contribution is -2.43. The molecule has 3 aromatic rings. The van der Waals surface area contributed by atoms with Crippen molar-refractivity contribution in [3.05, 3.63) is 47.9 Å². The second kappa shape index (κ2) is 8.73. The summed E-state index contributed by atoms with van der Waals surface area (Å²) in [5.74, 6) is -0.701. The number of carbonyl (C=O) groups excluding carboxylic acids is 1. The fourth-order valence-electron chi connectivity index (χ4n) is 3.91. The Balaban J connectivity index is 1.67. The molecule has 0 spiro atoms. The normalized spacial score (nSPS) is 18.5. The van der Waals surface area contributed by atoms with Gasteiger partial charge in [-0.05, 0) is 48.6 Å². The SMILES string of the molecule is COc1nccc2cc(Nc3nc(N[C@@H]4CCCC[C@@H]4N)c(F)cc3C(N)=O)ccc12. The Kier molecular flexibility index (Phi) is 5.85. The van der Waals surface area contributed by atoms with E-state index in [9.17, 15) is 9.18 Å². The zero-order chi connectivity index (χ0) is 22.0. The highest BCUT2D eigenvalue weighted by Gasteiger charge is 2.24. The predicted octanol–water partition coefficient (Wildman–Crippen LogP) is 3.30. The van der Waals surface area contributed by atoms with Crippen molar-refractivity contribution in [1.29, 1.82) is 0 Å². The number of anilines is 3. The summed E-state index contributed by atoms with van der Waals surface area (Å²) in [5, 5.41) is 7.92. The fraction of sp³-hybridized carbons (Fsp3) is 0.318. The number of aromatic nitrogens is 2. The van der Waals surface area contributed by atoms with Crippen LogP contribution in [0.2, 0.25) is 0 Å². The van der Waals surface area contributed by atoms with Gasteiger partial charge in [-0.1, -0.05) is 12.8 Å². The molecule has 0 radical (unpaired) electrons. The second-order valence-electron chi connectivity index (χ2n) is 7.66. The summed E-state index contributed by atoms with van der Waals surface area (Å²) in [7, 11) is 1.56. The van der Waals surface area contributed by atoms with Gasteiger partial charge in [-0.15, -0.1) is 0 Å². The van der Waals surface area contributed by atoms with Gasteiger partial charge in [-0.2, -0.15) is 0 Å². The molecule has 1 amide bonds. The van der Waals surface area contributed by atoms with Crippen LogP contribution < -0.4 is 26.8 Å². The smallest absolute Gasteiger partial charge is 0.252 e. The first-order valence-electron chi connectivity index (χ1n) is 10.2. The monoisotopic (exact) mass is 424 g/mol. The van der Waals surface area contributed by atoms with Gasteiger partial charge in [0.05, 0.1) is 12.7 Å². The Hall–Kier alpha value is -3.46. The number of hydrogen-bond donors (Lipinski definition) is 4. The molecule has 31 heavy (non-hydrogen) atoms. The highest BCUT2D eigenvalue weighted by molar-refractivity contribution is 5.99. The third-order valence-corrected chi connectivity index (χ3v) is 5.57. The summed E-state index contributed by atoms with van der Waals surface area (Å²) in [4.78, 5) is 20.4. The number of ether oxygens (including phenoxy) is 1. The standard InChI is InChI=1S/C22H25FN6O2/c1-31-22-14-7-6-13(10-12(14)8-9-26-22)27-20-15(19(25)30)11-16(23)21(29-20)28-18-5-3-2-4-17(18)24/h6-11,17-18H,2-5,24H2,1H3,(H2,25,30)(H2,27,28,29)/t17-,18+/m0/s1. The van der Waals surface area contributed by atoms with E-state index in [-0.39, 0.29) is 29.3 Å². The van der Waals surface area contributed by atoms with Gasteiger partial charge in [0.25, 0.3) is 5.91 Å². The zero-order valence-electron chi connectivity index (χ0n) is 17.2. The summed E-state index contributed by atoms with van der Waals surface area (Å²) < 4.78 is 20.0. The van der Waals surface area contributed by atoms with E-state index in [1.165, 1.54) is 0 Å². The molecule has 0 aliphatic heterocycles. The first kappa shape index (κ1) is 20.8. The fourth-order valence-corrected chi connectivity index (χ4v) is 3.91. The van der Waals surface area contributed by atoms with Crippen molar-refractivity contribution in [3.8, 4) is 5.88 Å². The second-order valence-corrected chi connectivity index (χ2v) is 7.66. The number of fused-ring (bicyclic) bond motifs is 1. The maximum absolute atomic E-state index is 14.7. The molecule has 0 bridgehead atoms. The van der Waals surface area contributed by atoms with Gasteiger partial charge in [0.2, 0.25) is 5.88 Å². The summed E-state index contributed by atoms with van der Waals surface area (Å²) in [5.41, 5.74) is 12.3. The van der Waals surface area contributed by atoms with Gasteiger partial charge in [0.1, 0.15) is 5.82 Å². The van der Waals surface area contributed by atoms with E-state index in [1.54, 1.807) is 19.4 Å². The highest BCUT2D eigenvalue weighted by Crippen LogP contribution is 2.29. The molecule has 1 saturated carbocycles. The first-order chi connectivity index (χ1) is 15.0. The van der Waals surface area contributed by atoms with Crippen LogP contribution in [0, 0.1) is 5.82 Å². The maximum atomic E-state index is 14.7. The molecule has 0 unspecified atom stereocenters. The molecule has 4 rings (SSSR count).